The van der Waals surface area contributed by atoms with E-state index in [1.165, 1.54) is 9.80 Å². The van der Waals surface area contributed by atoms with Crippen molar-refractivity contribution in [3.05, 3.63) is 86.2 Å². The first-order valence-electron chi connectivity index (χ1n) is 15.6. The molecular weight excluding hydrogens is 586 g/mol. The number of nitrogens with zero attached hydrogens (tertiary/aromatic N) is 5. The number of aryl methyl sites for hydroxylation is 2. The summed E-state index contributed by atoms with van der Waals surface area (Å²) in [5.74, 6) is -0.902. The molecule has 0 aliphatic heterocycles. The third-order valence-corrected chi connectivity index (χ3v) is 8.99. The van der Waals surface area contributed by atoms with Gasteiger partial charge in [0, 0.05) is 51.4 Å². The maximum absolute atomic E-state index is 13.3. The third kappa shape index (κ3) is 6.20. The van der Waals surface area contributed by atoms with Crippen LogP contribution in [0.15, 0.2) is 45.7 Å². The maximum Gasteiger partial charge on any atom is 0.459 e. The number of carbonyl (C=O) groups is 3. The van der Waals surface area contributed by atoms with Crippen molar-refractivity contribution in [1.82, 2.24) is 30.2 Å². The molecule has 2 aliphatic rings. The highest BCUT2D eigenvalue weighted by atomic mass is 16.5. The van der Waals surface area contributed by atoms with E-state index in [9.17, 15) is 24.4 Å². The zero-order valence-corrected chi connectivity index (χ0v) is 27.2. The zero-order valence-electron chi connectivity index (χ0n) is 27.2. The van der Waals surface area contributed by atoms with Gasteiger partial charge in [0.15, 0.2) is 5.82 Å². The van der Waals surface area contributed by atoms with Crippen LogP contribution in [-0.2, 0) is 23.1 Å². The van der Waals surface area contributed by atoms with Crippen molar-refractivity contribution in [2.75, 3.05) is 34.7 Å². The Labute approximate surface area is 268 Å². The molecule has 1 unspecified atom stereocenters. The molecule has 5 rings (SSSR count). The average molecular weight is 628 g/mol. The third-order valence-electron chi connectivity index (χ3n) is 8.99. The van der Waals surface area contributed by atoms with Gasteiger partial charge in [-0.05, 0) is 92.5 Å². The van der Waals surface area contributed by atoms with Crippen molar-refractivity contribution in [2.24, 2.45) is 0 Å². The maximum atomic E-state index is 13.3. The summed E-state index contributed by atoms with van der Waals surface area (Å²) < 4.78 is 5.16. The van der Waals surface area contributed by atoms with Crippen LogP contribution in [0.2, 0.25) is 0 Å². The fourth-order valence-electron chi connectivity index (χ4n) is 6.65. The Morgan fingerprint density at radius 3 is 1.98 bits per heavy atom. The predicted octanol–water partition coefficient (Wildman–Crippen LogP) is 2.47. The molecule has 2 aromatic carbocycles. The average Bonchev–Trinajstić information content (AvgIpc) is 3.79. The molecule has 1 fully saturated rings. The standard InChI is InChI=1S/C34H41N7O5/c1-20(36-19-29(42)41(21(2)18-35)26-11-12-26)17-34(32-37-33(45)46-38-32)27-13-9-24(30(43)39(3)4)15-22(27)7-8-23-16-25(10-14-28(23)34)31(44)40(5)6/h9-10,13-16,20-21,26,36H,7-8,11-12,17,19H2,1-6H3,(H,37,38,45)/t20-,21?/m1/s1. The van der Waals surface area contributed by atoms with Gasteiger partial charge in [-0.2, -0.15) is 10.2 Å². The molecule has 3 amide bonds. The Morgan fingerprint density at radius 2 is 1.54 bits per heavy atom. The molecule has 0 saturated heterocycles. The van der Waals surface area contributed by atoms with E-state index in [-0.39, 0.29) is 42.2 Å². The molecule has 1 saturated carbocycles. The first-order chi connectivity index (χ1) is 21.9. The number of benzene rings is 2. The quantitative estimate of drug-likeness (QED) is 0.347. The number of fused-ring (bicyclic) bond motifs is 2. The summed E-state index contributed by atoms with van der Waals surface area (Å²) in [5, 5.41) is 15.7. The molecule has 1 aromatic heterocycles. The number of nitriles is 1. The van der Waals surface area contributed by atoms with Gasteiger partial charge in [-0.1, -0.05) is 12.1 Å². The van der Waals surface area contributed by atoms with Crippen molar-refractivity contribution >= 4 is 17.7 Å². The van der Waals surface area contributed by atoms with Gasteiger partial charge in [0.1, 0.15) is 6.04 Å². The summed E-state index contributed by atoms with van der Waals surface area (Å²) in [6, 6.07) is 12.6. The second kappa shape index (κ2) is 12.9. The Morgan fingerprint density at radius 1 is 1.00 bits per heavy atom. The molecule has 0 radical (unpaired) electrons. The largest absolute Gasteiger partial charge is 0.459 e. The van der Waals surface area contributed by atoms with Crippen molar-refractivity contribution in [2.45, 2.75) is 69.5 Å². The molecule has 0 spiro atoms. The predicted molar refractivity (Wildman–Crippen MR) is 170 cm³/mol. The number of hydrogen-bond acceptors (Lipinski definition) is 8. The number of amides is 3. The minimum atomic E-state index is -1.07. The second-order valence-electron chi connectivity index (χ2n) is 12.8. The van der Waals surface area contributed by atoms with Crippen molar-refractivity contribution < 1.29 is 18.9 Å². The number of hydrogen-bond donors (Lipinski definition) is 2. The van der Waals surface area contributed by atoms with Crippen LogP contribution in [0.3, 0.4) is 0 Å². The lowest BCUT2D eigenvalue weighted by molar-refractivity contribution is -0.132. The SMILES string of the molecule is CC(C#N)N(C(=O)CN[C@H](C)CC1(c2nc(=O)o[nH]2)c2ccc(C(=O)N(C)C)cc2CCc2cc(C(=O)N(C)C)ccc21)C1CC1. The van der Waals surface area contributed by atoms with Crippen LogP contribution in [0.4, 0.5) is 0 Å². The normalized spacial score (nSPS) is 16.2. The number of aromatic amines is 1. The van der Waals surface area contributed by atoms with Gasteiger partial charge >= 0.3 is 5.76 Å². The number of H-pyrrole nitrogens is 1. The summed E-state index contributed by atoms with van der Waals surface area (Å²) in [4.78, 5) is 60.8. The van der Waals surface area contributed by atoms with Crippen LogP contribution in [0, 0.1) is 11.3 Å². The molecule has 242 valence electrons. The number of rotatable bonds is 10. The highest BCUT2D eigenvalue weighted by Crippen LogP contribution is 2.47. The Balaban J connectivity index is 1.63. The van der Waals surface area contributed by atoms with E-state index in [1.807, 2.05) is 31.2 Å². The van der Waals surface area contributed by atoms with Gasteiger partial charge in [0.05, 0.1) is 18.0 Å². The van der Waals surface area contributed by atoms with Gasteiger partial charge in [-0.15, -0.1) is 0 Å². The molecule has 12 nitrogen and oxygen atoms in total. The molecular formula is C34H41N7O5. The number of aromatic nitrogens is 2. The van der Waals surface area contributed by atoms with Crippen LogP contribution < -0.4 is 11.1 Å². The van der Waals surface area contributed by atoms with Crippen LogP contribution in [0.25, 0.3) is 0 Å². The van der Waals surface area contributed by atoms with E-state index >= 15 is 0 Å². The van der Waals surface area contributed by atoms with Gasteiger partial charge in [0.25, 0.3) is 11.8 Å². The summed E-state index contributed by atoms with van der Waals surface area (Å²) in [5.41, 5.74) is 3.48. The summed E-state index contributed by atoms with van der Waals surface area (Å²) >= 11 is 0. The number of carbonyl (C=O) groups excluding carboxylic acids is 3. The summed E-state index contributed by atoms with van der Waals surface area (Å²) in [7, 11) is 6.81. The molecule has 3 aromatic rings. The van der Waals surface area contributed by atoms with E-state index in [0.717, 1.165) is 35.1 Å². The van der Waals surface area contributed by atoms with E-state index in [1.54, 1.807) is 52.1 Å². The fourth-order valence-corrected chi connectivity index (χ4v) is 6.65. The molecule has 1 heterocycles. The zero-order chi connectivity index (χ0) is 33.3. The molecule has 46 heavy (non-hydrogen) atoms. The van der Waals surface area contributed by atoms with E-state index < -0.39 is 17.2 Å². The Hall–Kier alpha value is -4.76. The molecule has 2 aliphatic carbocycles. The molecule has 2 atom stereocenters. The fraction of sp³-hybridized carbons (Fsp3) is 0.471. The second-order valence-corrected chi connectivity index (χ2v) is 12.8. The van der Waals surface area contributed by atoms with Crippen LogP contribution in [0.5, 0.6) is 0 Å². The summed E-state index contributed by atoms with van der Waals surface area (Å²) in [6.45, 7) is 3.72. The molecule has 0 bridgehead atoms. The highest BCUT2D eigenvalue weighted by molar-refractivity contribution is 5.95. The van der Waals surface area contributed by atoms with Gasteiger partial charge in [-0.25, -0.2) is 9.95 Å². The van der Waals surface area contributed by atoms with E-state index in [4.69, 9.17) is 4.52 Å². The van der Waals surface area contributed by atoms with Crippen LogP contribution >= 0.6 is 0 Å². The summed E-state index contributed by atoms with van der Waals surface area (Å²) in [6.07, 6.45) is 3.27. The van der Waals surface area contributed by atoms with Gasteiger partial charge in [0.2, 0.25) is 5.91 Å². The van der Waals surface area contributed by atoms with Crippen molar-refractivity contribution in [3.63, 3.8) is 0 Å². The highest BCUT2D eigenvalue weighted by Gasteiger charge is 2.46. The van der Waals surface area contributed by atoms with Gasteiger partial charge < -0.3 is 24.5 Å². The monoisotopic (exact) mass is 627 g/mol. The minimum absolute atomic E-state index is 0.0291. The minimum Gasteiger partial charge on any atom is -0.345 e. The topological polar surface area (TPSA) is 156 Å². The van der Waals surface area contributed by atoms with E-state index in [0.29, 0.717) is 30.4 Å². The first-order valence-corrected chi connectivity index (χ1v) is 15.6. The lowest BCUT2D eigenvalue weighted by Crippen LogP contribution is -2.47. The molecule has 2 N–H and O–H groups in total. The first kappa shape index (κ1) is 32.6. The van der Waals surface area contributed by atoms with E-state index in [2.05, 4.69) is 21.5 Å². The van der Waals surface area contributed by atoms with Crippen LogP contribution in [0.1, 0.15) is 81.9 Å². The Bertz CT molecular complexity index is 1670. The van der Waals surface area contributed by atoms with Gasteiger partial charge in [-0.3, -0.25) is 14.4 Å². The molecule has 12 heteroatoms. The van der Waals surface area contributed by atoms with Crippen LogP contribution in [-0.4, -0.2) is 95.4 Å². The number of nitrogens with one attached hydrogen (secondary N) is 2. The Kier molecular flexibility index (Phi) is 9.17. The lowest BCUT2D eigenvalue weighted by atomic mass is 9.67. The van der Waals surface area contributed by atoms with Crippen molar-refractivity contribution in [3.8, 4) is 6.07 Å². The lowest BCUT2D eigenvalue weighted by Gasteiger charge is -2.37. The smallest absolute Gasteiger partial charge is 0.345 e. The van der Waals surface area contributed by atoms with Crippen molar-refractivity contribution in [1.29, 1.82) is 5.26 Å².